The standard InChI is InChI=1S/C22H23N3O2S/c1-4-12-25-21(27)19(28-22(25)23-17-8-6-5-7-9-17)14-20(26)24-18-11-10-15(2)13-16(18)3/h4-11,13,19H,1,12,14H2,2-3H3,(H,24,26)/t19-/m1/s1. The van der Waals surface area contributed by atoms with Gasteiger partial charge in [-0.2, -0.15) is 0 Å². The Hall–Kier alpha value is -2.86. The van der Waals surface area contributed by atoms with Gasteiger partial charge >= 0.3 is 0 Å². The number of carbonyl (C=O) groups is 2. The van der Waals surface area contributed by atoms with Gasteiger partial charge in [0.2, 0.25) is 11.8 Å². The summed E-state index contributed by atoms with van der Waals surface area (Å²) < 4.78 is 0. The zero-order valence-electron chi connectivity index (χ0n) is 16.0. The molecule has 1 aliphatic heterocycles. The summed E-state index contributed by atoms with van der Waals surface area (Å²) >= 11 is 1.32. The van der Waals surface area contributed by atoms with Crippen molar-refractivity contribution in [1.29, 1.82) is 0 Å². The largest absolute Gasteiger partial charge is 0.326 e. The van der Waals surface area contributed by atoms with Crippen molar-refractivity contribution >= 4 is 40.1 Å². The lowest BCUT2D eigenvalue weighted by molar-refractivity contribution is -0.127. The minimum Gasteiger partial charge on any atom is -0.326 e. The molecule has 5 nitrogen and oxygen atoms in total. The maximum absolute atomic E-state index is 12.8. The number of thioether (sulfide) groups is 1. The van der Waals surface area contributed by atoms with Gasteiger partial charge in [0, 0.05) is 18.7 Å². The number of amides is 2. The topological polar surface area (TPSA) is 61.8 Å². The van der Waals surface area contributed by atoms with Crippen molar-refractivity contribution in [3.63, 3.8) is 0 Å². The van der Waals surface area contributed by atoms with Crippen molar-refractivity contribution in [3.05, 3.63) is 72.3 Å². The van der Waals surface area contributed by atoms with E-state index in [9.17, 15) is 9.59 Å². The van der Waals surface area contributed by atoms with Crippen LogP contribution in [0, 0.1) is 13.8 Å². The molecular formula is C22H23N3O2S. The number of hydrogen-bond acceptors (Lipinski definition) is 4. The number of rotatable bonds is 6. The Morgan fingerprint density at radius 3 is 2.68 bits per heavy atom. The molecule has 1 atom stereocenters. The second kappa shape index (κ2) is 8.89. The van der Waals surface area contributed by atoms with Crippen molar-refractivity contribution in [2.75, 3.05) is 11.9 Å². The summed E-state index contributed by atoms with van der Waals surface area (Å²) in [6.45, 7) is 8.05. The highest BCUT2D eigenvalue weighted by molar-refractivity contribution is 8.15. The Balaban J connectivity index is 1.73. The van der Waals surface area contributed by atoms with E-state index in [2.05, 4.69) is 16.9 Å². The Labute approximate surface area is 169 Å². The molecule has 0 aliphatic carbocycles. The molecule has 0 saturated carbocycles. The molecule has 1 fully saturated rings. The third-order valence-corrected chi connectivity index (χ3v) is 5.51. The number of aliphatic imine (C=N–C) groups is 1. The number of nitrogens with zero attached hydrogens (tertiary/aromatic N) is 2. The van der Waals surface area contributed by atoms with Crippen LogP contribution in [0.5, 0.6) is 0 Å². The summed E-state index contributed by atoms with van der Waals surface area (Å²) in [4.78, 5) is 31.5. The number of anilines is 1. The zero-order chi connectivity index (χ0) is 20.1. The summed E-state index contributed by atoms with van der Waals surface area (Å²) in [7, 11) is 0. The number of amidine groups is 1. The average molecular weight is 394 g/mol. The SMILES string of the molecule is C=CCN1C(=O)[C@@H](CC(=O)Nc2ccc(C)cc2C)SC1=Nc1ccccc1. The van der Waals surface area contributed by atoms with Crippen molar-refractivity contribution in [2.24, 2.45) is 4.99 Å². The van der Waals surface area contributed by atoms with Crippen LogP contribution in [0.1, 0.15) is 17.5 Å². The Kier molecular flexibility index (Phi) is 6.31. The van der Waals surface area contributed by atoms with Gasteiger partial charge in [0.25, 0.3) is 0 Å². The first-order chi connectivity index (χ1) is 13.5. The monoisotopic (exact) mass is 393 g/mol. The van der Waals surface area contributed by atoms with Crippen LogP contribution in [0.15, 0.2) is 66.2 Å². The van der Waals surface area contributed by atoms with E-state index in [1.807, 2.05) is 62.4 Å². The molecule has 3 rings (SSSR count). The van der Waals surface area contributed by atoms with E-state index in [4.69, 9.17) is 0 Å². The molecule has 2 amide bonds. The molecule has 28 heavy (non-hydrogen) atoms. The lowest BCUT2D eigenvalue weighted by atomic mass is 10.1. The van der Waals surface area contributed by atoms with Crippen LogP contribution in [0.25, 0.3) is 0 Å². The molecule has 2 aromatic carbocycles. The van der Waals surface area contributed by atoms with E-state index in [0.717, 1.165) is 22.5 Å². The smallest absolute Gasteiger partial charge is 0.242 e. The second-order valence-electron chi connectivity index (χ2n) is 6.64. The highest BCUT2D eigenvalue weighted by atomic mass is 32.2. The molecule has 0 radical (unpaired) electrons. The third kappa shape index (κ3) is 4.70. The summed E-state index contributed by atoms with van der Waals surface area (Å²) in [6.07, 6.45) is 1.76. The molecule has 1 N–H and O–H groups in total. The van der Waals surface area contributed by atoms with Gasteiger partial charge in [0.15, 0.2) is 5.17 Å². The van der Waals surface area contributed by atoms with E-state index >= 15 is 0 Å². The van der Waals surface area contributed by atoms with Gasteiger partial charge in [-0.25, -0.2) is 4.99 Å². The van der Waals surface area contributed by atoms with E-state index < -0.39 is 5.25 Å². The molecule has 0 unspecified atom stereocenters. The van der Waals surface area contributed by atoms with Crippen LogP contribution in [-0.2, 0) is 9.59 Å². The maximum Gasteiger partial charge on any atom is 0.242 e. The maximum atomic E-state index is 12.8. The van der Waals surface area contributed by atoms with E-state index in [1.54, 1.807) is 11.0 Å². The zero-order valence-corrected chi connectivity index (χ0v) is 16.8. The molecule has 1 saturated heterocycles. The molecule has 144 valence electrons. The minimum atomic E-state index is -0.492. The summed E-state index contributed by atoms with van der Waals surface area (Å²) in [5.41, 5.74) is 3.68. The fourth-order valence-corrected chi connectivity index (χ4v) is 4.13. The van der Waals surface area contributed by atoms with E-state index in [0.29, 0.717) is 11.7 Å². The van der Waals surface area contributed by atoms with Crippen LogP contribution in [0.4, 0.5) is 11.4 Å². The van der Waals surface area contributed by atoms with Crippen LogP contribution in [0.3, 0.4) is 0 Å². The van der Waals surface area contributed by atoms with Gasteiger partial charge in [-0.1, -0.05) is 53.7 Å². The van der Waals surface area contributed by atoms with Crippen molar-refractivity contribution < 1.29 is 9.59 Å². The number of hydrogen-bond donors (Lipinski definition) is 1. The molecule has 0 aromatic heterocycles. The van der Waals surface area contributed by atoms with Gasteiger partial charge < -0.3 is 5.32 Å². The van der Waals surface area contributed by atoms with Crippen molar-refractivity contribution in [2.45, 2.75) is 25.5 Å². The third-order valence-electron chi connectivity index (χ3n) is 4.34. The Morgan fingerprint density at radius 1 is 1.25 bits per heavy atom. The molecule has 0 spiro atoms. The Morgan fingerprint density at radius 2 is 2.00 bits per heavy atom. The number of para-hydroxylation sites is 1. The van der Waals surface area contributed by atoms with Gasteiger partial charge in [-0.3, -0.25) is 14.5 Å². The molecule has 0 bridgehead atoms. The number of carbonyl (C=O) groups excluding carboxylic acids is 2. The minimum absolute atomic E-state index is 0.0955. The Bertz CT molecular complexity index is 925. The molecule has 2 aromatic rings. The lowest BCUT2D eigenvalue weighted by Crippen LogP contribution is -2.33. The molecule has 1 heterocycles. The van der Waals surface area contributed by atoms with Crippen molar-refractivity contribution in [1.82, 2.24) is 4.90 Å². The van der Waals surface area contributed by atoms with Crippen molar-refractivity contribution in [3.8, 4) is 0 Å². The molecule has 6 heteroatoms. The van der Waals surface area contributed by atoms with Crippen LogP contribution in [-0.4, -0.2) is 33.7 Å². The lowest BCUT2D eigenvalue weighted by Gasteiger charge is -2.14. The highest BCUT2D eigenvalue weighted by Crippen LogP contribution is 2.32. The average Bonchev–Trinajstić information content (AvgIpc) is 2.94. The van der Waals surface area contributed by atoms with Crippen LogP contribution < -0.4 is 5.32 Å². The highest BCUT2D eigenvalue weighted by Gasteiger charge is 2.38. The number of benzene rings is 2. The first kappa shape index (κ1) is 19.9. The predicted octanol–water partition coefficient (Wildman–Crippen LogP) is 4.45. The summed E-state index contributed by atoms with van der Waals surface area (Å²) in [6, 6.07) is 15.3. The fourth-order valence-electron chi connectivity index (χ4n) is 2.96. The van der Waals surface area contributed by atoms with Gasteiger partial charge in [-0.05, 0) is 37.6 Å². The van der Waals surface area contributed by atoms with E-state index in [1.165, 1.54) is 11.8 Å². The van der Waals surface area contributed by atoms with Gasteiger partial charge in [0.05, 0.1) is 5.69 Å². The fraction of sp³-hybridized carbons (Fsp3) is 0.227. The van der Waals surface area contributed by atoms with Crippen LogP contribution >= 0.6 is 11.8 Å². The predicted molar refractivity (Wildman–Crippen MR) is 116 cm³/mol. The van der Waals surface area contributed by atoms with E-state index in [-0.39, 0.29) is 18.2 Å². The summed E-state index contributed by atoms with van der Waals surface area (Å²) in [5.74, 6) is -0.298. The van der Waals surface area contributed by atoms with Gasteiger partial charge in [-0.15, -0.1) is 6.58 Å². The van der Waals surface area contributed by atoms with Gasteiger partial charge in [0.1, 0.15) is 5.25 Å². The second-order valence-corrected chi connectivity index (χ2v) is 7.81. The number of aryl methyl sites for hydroxylation is 2. The first-order valence-electron chi connectivity index (χ1n) is 9.07. The molecular weight excluding hydrogens is 370 g/mol. The van der Waals surface area contributed by atoms with Crippen LogP contribution in [0.2, 0.25) is 0 Å². The molecule has 1 aliphatic rings. The quantitative estimate of drug-likeness (QED) is 0.738. The first-order valence-corrected chi connectivity index (χ1v) is 9.95. The number of nitrogens with one attached hydrogen (secondary N) is 1. The summed E-state index contributed by atoms with van der Waals surface area (Å²) in [5, 5.41) is 3.02. The normalized spacial score (nSPS) is 17.8.